The molecule has 30 heavy (non-hydrogen) atoms. The molecule has 1 heterocycles. The van der Waals surface area contributed by atoms with Crippen LogP contribution in [0.1, 0.15) is 24.0 Å². The maximum absolute atomic E-state index is 13.0. The van der Waals surface area contributed by atoms with Crippen molar-refractivity contribution < 1.29 is 13.9 Å². The Morgan fingerprint density at radius 3 is 2.43 bits per heavy atom. The lowest BCUT2D eigenvalue weighted by atomic mass is 10.0. The van der Waals surface area contributed by atoms with Crippen LogP contribution >= 0.6 is 0 Å². The second-order valence-corrected chi connectivity index (χ2v) is 7.46. The van der Waals surface area contributed by atoms with Crippen LogP contribution in [-0.2, 0) is 13.0 Å². The molecule has 6 heteroatoms. The smallest absolute Gasteiger partial charge is 0.315 e. The maximum atomic E-state index is 13.0. The number of likely N-dealkylation sites (tertiary alicyclic amines) is 1. The van der Waals surface area contributed by atoms with Crippen LogP contribution in [0.25, 0.3) is 0 Å². The van der Waals surface area contributed by atoms with Gasteiger partial charge in [-0.3, -0.25) is 4.90 Å². The van der Waals surface area contributed by atoms with E-state index >= 15 is 0 Å². The molecule has 2 aromatic rings. The number of halogens is 1. The highest BCUT2D eigenvalue weighted by Gasteiger charge is 2.20. The molecular formula is C24H28FN3O2. The van der Waals surface area contributed by atoms with E-state index in [0.29, 0.717) is 6.54 Å². The third-order valence-electron chi connectivity index (χ3n) is 5.19. The molecular weight excluding hydrogens is 381 g/mol. The summed E-state index contributed by atoms with van der Waals surface area (Å²) in [6.07, 6.45) is 7.74. The maximum Gasteiger partial charge on any atom is 0.315 e. The summed E-state index contributed by atoms with van der Waals surface area (Å²) in [5.41, 5.74) is 2.23. The van der Waals surface area contributed by atoms with Gasteiger partial charge in [-0.1, -0.05) is 30.2 Å². The van der Waals surface area contributed by atoms with Gasteiger partial charge in [0.1, 0.15) is 18.2 Å². The number of terminal acetylenes is 1. The first-order valence-electron chi connectivity index (χ1n) is 10.3. The van der Waals surface area contributed by atoms with E-state index in [0.717, 1.165) is 55.8 Å². The summed E-state index contributed by atoms with van der Waals surface area (Å²) in [6, 6.07) is 14.4. The first-order valence-corrected chi connectivity index (χ1v) is 10.3. The molecule has 0 spiro atoms. The van der Waals surface area contributed by atoms with Gasteiger partial charge < -0.3 is 15.4 Å². The van der Waals surface area contributed by atoms with E-state index in [-0.39, 0.29) is 24.5 Å². The Morgan fingerprint density at radius 1 is 1.10 bits per heavy atom. The molecule has 1 aliphatic heterocycles. The standard InChI is InChI=1S/C24H28FN3O2/c1-2-17-30-23-9-5-19(6-10-23)11-14-26-24(29)27-22-12-15-28(16-13-22)18-20-3-7-21(25)8-4-20/h1,3-10,22H,11-18H2,(H2,26,27,29). The zero-order chi connectivity index (χ0) is 21.2. The topological polar surface area (TPSA) is 53.6 Å². The number of urea groups is 1. The minimum absolute atomic E-state index is 0.124. The third kappa shape index (κ3) is 7.09. The summed E-state index contributed by atoms with van der Waals surface area (Å²) in [6.45, 7) is 3.46. The zero-order valence-corrected chi connectivity index (χ0v) is 17.1. The van der Waals surface area contributed by atoms with Crippen molar-refractivity contribution in [2.75, 3.05) is 26.2 Å². The van der Waals surface area contributed by atoms with Crippen molar-refractivity contribution in [3.63, 3.8) is 0 Å². The second-order valence-electron chi connectivity index (χ2n) is 7.46. The van der Waals surface area contributed by atoms with E-state index in [1.807, 2.05) is 36.4 Å². The van der Waals surface area contributed by atoms with Crippen LogP contribution in [0.5, 0.6) is 5.75 Å². The van der Waals surface area contributed by atoms with Crippen molar-refractivity contribution in [1.29, 1.82) is 0 Å². The molecule has 2 N–H and O–H groups in total. The lowest BCUT2D eigenvalue weighted by molar-refractivity contribution is 0.186. The van der Waals surface area contributed by atoms with Gasteiger partial charge in [-0.2, -0.15) is 0 Å². The number of rotatable bonds is 8. The largest absolute Gasteiger partial charge is 0.481 e. The van der Waals surface area contributed by atoms with Gasteiger partial charge in [-0.25, -0.2) is 9.18 Å². The van der Waals surface area contributed by atoms with E-state index < -0.39 is 0 Å². The third-order valence-corrected chi connectivity index (χ3v) is 5.19. The van der Waals surface area contributed by atoms with Crippen LogP contribution in [0.15, 0.2) is 48.5 Å². The van der Waals surface area contributed by atoms with E-state index in [2.05, 4.69) is 21.5 Å². The molecule has 5 nitrogen and oxygen atoms in total. The van der Waals surface area contributed by atoms with E-state index in [1.54, 1.807) is 0 Å². The monoisotopic (exact) mass is 409 g/mol. The fraction of sp³-hybridized carbons (Fsp3) is 0.375. The number of hydrogen-bond donors (Lipinski definition) is 2. The average Bonchev–Trinajstić information content (AvgIpc) is 2.76. The number of piperidine rings is 1. The summed E-state index contributed by atoms with van der Waals surface area (Å²) in [4.78, 5) is 14.5. The number of hydrogen-bond acceptors (Lipinski definition) is 3. The summed E-state index contributed by atoms with van der Waals surface area (Å²) in [5.74, 6) is 2.97. The lowest BCUT2D eigenvalue weighted by Crippen LogP contribution is -2.48. The van der Waals surface area contributed by atoms with Crippen LogP contribution in [0.3, 0.4) is 0 Å². The van der Waals surface area contributed by atoms with Gasteiger partial charge in [0.25, 0.3) is 0 Å². The van der Waals surface area contributed by atoms with Crippen molar-refractivity contribution in [3.05, 3.63) is 65.5 Å². The Bertz CT molecular complexity index is 838. The molecule has 3 rings (SSSR count). The predicted molar refractivity (Wildman–Crippen MR) is 116 cm³/mol. The van der Waals surface area contributed by atoms with Crippen LogP contribution < -0.4 is 15.4 Å². The van der Waals surface area contributed by atoms with Crippen molar-refractivity contribution >= 4 is 6.03 Å². The average molecular weight is 410 g/mol. The normalized spacial score (nSPS) is 14.7. The van der Waals surface area contributed by atoms with Gasteiger partial charge in [0.15, 0.2) is 0 Å². The predicted octanol–water partition coefficient (Wildman–Crippen LogP) is 3.34. The highest BCUT2D eigenvalue weighted by molar-refractivity contribution is 5.74. The number of nitrogens with zero attached hydrogens (tertiary/aromatic N) is 1. The number of benzene rings is 2. The molecule has 1 aliphatic rings. The number of nitrogens with one attached hydrogen (secondary N) is 2. The van der Waals surface area contributed by atoms with E-state index in [1.165, 1.54) is 12.1 Å². The molecule has 0 unspecified atom stereocenters. The number of ether oxygens (including phenoxy) is 1. The highest BCUT2D eigenvalue weighted by Crippen LogP contribution is 2.15. The van der Waals surface area contributed by atoms with Crippen LogP contribution in [0, 0.1) is 18.2 Å². The second kappa shape index (κ2) is 11.2. The first-order chi connectivity index (χ1) is 14.6. The lowest BCUT2D eigenvalue weighted by Gasteiger charge is -2.32. The van der Waals surface area contributed by atoms with Crippen molar-refractivity contribution in [1.82, 2.24) is 15.5 Å². The Hall–Kier alpha value is -3.04. The minimum Gasteiger partial charge on any atom is -0.481 e. The molecule has 1 saturated heterocycles. The van der Waals surface area contributed by atoms with Crippen LogP contribution in [0.2, 0.25) is 0 Å². The summed E-state index contributed by atoms with van der Waals surface area (Å²) >= 11 is 0. The fourth-order valence-electron chi connectivity index (χ4n) is 3.52. The van der Waals surface area contributed by atoms with Gasteiger partial charge in [-0.15, -0.1) is 6.42 Å². The van der Waals surface area contributed by atoms with E-state index in [9.17, 15) is 9.18 Å². The molecule has 0 radical (unpaired) electrons. The molecule has 0 atom stereocenters. The number of carbonyl (C=O) groups excluding carboxylic acids is 1. The molecule has 0 saturated carbocycles. The Kier molecular flexibility index (Phi) is 8.10. The van der Waals surface area contributed by atoms with Gasteiger partial charge in [0.05, 0.1) is 0 Å². The molecule has 0 aliphatic carbocycles. The van der Waals surface area contributed by atoms with Gasteiger partial charge in [0, 0.05) is 32.2 Å². The molecule has 0 aromatic heterocycles. The molecule has 2 aromatic carbocycles. The van der Waals surface area contributed by atoms with Crippen molar-refractivity contribution in [2.45, 2.75) is 31.8 Å². The fourth-order valence-corrected chi connectivity index (χ4v) is 3.52. The molecule has 2 amide bonds. The van der Waals surface area contributed by atoms with Crippen molar-refractivity contribution in [3.8, 4) is 18.1 Å². The quantitative estimate of drug-likeness (QED) is 0.658. The van der Waals surface area contributed by atoms with Gasteiger partial charge in [0.2, 0.25) is 0 Å². The van der Waals surface area contributed by atoms with Crippen LogP contribution in [0.4, 0.5) is 9.18 Å². The SMILES string of the molecule is C#CCOc1ccc(CCNC(=O)NC2CCN(Cc3ccc(F)cc3)CC2)cc1. The zero-order valence-electron chi connectivity index (χ0n) is 17.1. The van der Waals surface area contributed by atoms with Gasteiger partial charge in [-0.05, 0) is 54.7 Å². The molecule has 0 bridgehead atoms. The highest BCUT2D eigenvalue weighted by atomic mass is 19.1. The number of carbonyl (C=O) groups is 1. The Morgan fingerprint density at radius 2 is 1.77 bits per heavy atom. The molecule has 1 fully saturated rings. The minimum atomic E-state index is -0.209. The van der Waals surface area contributed by atoms with Crippen molar-refractivity contribution in [2.24, 2.45) is 0 Å². The summed E-state index contributed by atoms with van der Waals surface area (Å²) in [7, 11) is 0. The number of amides is 2. The molecule has 158 valence electrons. The summed E-state index contributed by atoms with van der Waals surface area (Å²) < 4.78 is 18.4. The van der Waals surface area contributed by atoms with Crippen LogP contribution in [-0.4, -0.2) is 43.2 Å². The van der Waals surface area contributed by atoms with Gasteiger partial charge >= 0.3 is 6.03 Å². The summed E-state index contributed by atoms with van der Waals surface area (Å²) in [5, 5.41) is 5.99. The Labute approximate surface area is 177 Å². The van der Waals surface area contributed by atoms with E-state index in [4.69, 9.17) is 11.2 Å². The Balaban J connectivity index is 1.31. The first kappa shape index (κ1) is 21.7.